The summed E-state index contributed by atoms with van der Waals surface area (Å²) in [4.78, 5) is 4.89. The second-order valence-corrected chi connectivity index (χ2v) is 7.36. The Labute approximate surface area is 142 Å². The van der Waals surface area contributed by atoms with Crippen LogP contribution in [-0.4, -0.2) is 41.6 Å². The fraction of sp³-hybridized carbons (Fsp3) is 0.526. The highest BCUT2D eigenvalue weighted by Crippen LogP contribution is 2.44. The van der Waals surface area contributed by atoms with Crippen molar-refractivity contribution in [3.8, 4) is 0 Å². The summed E-state index contributed by atoms with van der Waals surface area (Å²) in [7, 11) is 2.16. The lowest BCUT2D eigenvalue weighted by molar-refractivity contribution is 0.223. The summed E-state index contributed by atoms with van der Waals surface area (Å²) < 4.78 is 19.0. The van der Waals surface area contributed by atoms with E-state index >= 15 is 0 Å². The van der Waals surface area contributed by atoms with Crippen LogP contribution in [0.3, 0.4) is 0 Å². The molecule has 1 aromatic carbocycles. The van der Waals surface area contributed by atoms with Crippen LogP contribution in [0.1, 0.15) is 28.6 Å². The van der Waals surface area contributed by atoms with Crippen LogP contribution in [0.2, 0.25) is 0 Å². The van der Waals surface area contributed by atoms with Gasteiger partial charge in [-0.2, -0.15) is 0 Å². The number of benzene rings is 1. The van der Waals surface area contributed by atoms with Crippen molar-refractivity contribution in [2.75, 3.05) is 26.7 Å². The molecule has 3 heterocycles. The summed E-state index contributed by atoms with van der Waals surface area (Å²) >= 11 is 0. The van der Waals surface area contributed by atoms with E-state index in [1.165, 1.54) is 11.6 Å². The molecule has 128 valence electrons. The Bertz CT molecular complexity index is 724. The molecule has 2 fully saturated rings. The van der Waals surface area contributed by atoms with E-state index in [0.717, 1.165) is 43.2 Å². The number of fused-ring (bicyclic) bond motifs is 1. The number of aromatic nitrogens is 1. The Kier molecular flexibility index (Phi) is 3.93. The predicted octanol–water partition coefficient (Wildman–Crippen LogP) is 3.17. The lowest BCUT2D eigenvalue weighted by atomic mass is 9.89. The Balaban J connectivity index is 1.53. The normalized spacial score (nSPS) is 27.8. The van der Waals surface area contributed by atoms with Gasteiger partial charge in [0.2, 0.25) is 0 Å². The van der Waals surface area contributed by atoms with Gasteiger partial charge < -0.3 is 4.52 Å². The van der Waals surface area contributed by atoms with Gasteiger partial charge in [-0.15, -0.1) is 0 Å². The highest BCUT2D eigenvalue weighted by atomic mass is 19.1. The van der Waals surface area contributed by atoms with Gasteiger partial charge in [0.05, 0.1) is 5.69 Å². The van der Waals surface area contributed by atoms with Crippen molar-refractivity contribution in [3.63, 3.8) is 0 Å². The zero-order valence-electron chi connectivity index (χ0n) is 14.5. The number of nitrogens with zero attached hydrogens (tertiary/aromatic N) is 3. The molecule has 2 saturated heterocycles. The molecule has 0 radical (unpaired) electrons. The van der Waals surface area contributed by atoms with Crippen LogP contribution < -0.4 is 0 Å². The molecule has 0 unspecified atom stereocenters. The molecular weight excluding hydrogens is 305 g/mol. The van der Waals surface area contributed by atoms with Crippen molar-refractivity contribution >= 4 is 0 Å². The zero-order chi connectivity index (χ0) is 16.8. The topological polar surface area (TPSA) is 32.5 Å². The molecule has 2 aromatic rings. The summed E-state index contributed by atoms with van der Waals surface area (Å²) in [5, 5.41) is 4.06. The van der Waals surface area contributed by atoms with E-state index in [4.69, 9.17) is 4.52 Å². The number of hydrogen-bond donors (Lipinski definition) is 0. The van der Waals surface area contributed by atoms with Gasteiger partial charge in [0.1, 0.15) is 11.6 Å². The summed E-state index contributed by atoms with van der Waals surface area (Å²) in [6.45, 7) is 8.09. The van der Waals surface area contributed by atoms with Gasteiger partial charge in [0.25, 0.3) is 0 Å². The second kappa shape index (κ2) is 5.97. The fourth-order valence-electron chi connectivity index (χ4n) is 4.62. The molecule has 0 amide bonds. The monoisotopic (exact) mass is 329 g/mol. The maximum atomic E-state index is 13.7. The minimum atomic E-state index is -0.144. The van der Waals surface area contributed by atoms with E-state index in [1.54, 1.807) is 6.07 Å². The van der Waals surface area contributed by atoms with E-state index in [9.17, 15) is 4.39 Å². The summed E-state index contributed by atoms with van der Waals surface area (Å²) in [6.07, 6.45) is 0. The largest absolute Gasteiger partial charge is 0.361 e. The van der Waals surface area contributed by atoms with Gasteiger partial charge in [0, 0.05) is 37.8 Å². The van der Waals surface area contributed by atoms with Crippen molar-refractivity contribution < 1.29 is 8.91 Å². The van der Waals surface area contributed by atoms with Crippen LogP contribution in [0, 0.1) is 31.5 Å². The Hall–Kier alpha value is -1.72. The third-order valence-corrected chi connectivity index (χ3v) is 5.72. The van der Waals surface area contributed by atoms with Crippen LogP contribution in [0.5, 0.6) is 0 Å². The highest BCUT2D eigenvalue weighted by molar-refractivity contribution is 5.25. The molecule has 4 rings (SSSR count). The molecule has 0 saturated carbocycles. The molecule has 1 aromatic heterocycles. The van der Waals surface area contributed by atoms with E-state index in [2.05, 4.69) is 28.1 Å². The van der Waals surface area contributed by atoms with Crippen molar-refractivity contribution in [1.29, 1.82) is 0 Å². The molecule has 0 N–H and O–H groups in total. The van der Waals surface area contributed by atoms with Gasteiger partial charge in [-0.3, -0.25) is 9.80 Å². The van der Waals surface area contributed by atoms with Gasteiger partial charge in [-0.1, -0.05) is 17.3 Å². The standard InChI is InChI=1S/C19H24FN3O/c1-12-17(13(2)24-21-12)10-23-9-15-8-22(3)19(18(15)11-23)14-5-4-6-16(20)7-14/h4-7,15,18-19H,8-11H2,1-3H3/t15-,18+,19-/m0/s1. The molecule has 4 nitrogen and oxygen atoms in total. The van der Waals surface area contributed by atoms with Gasteiger partial charge in [-0.25, -0.2) is 4.39 Å². The minimum absolute atomic E-state index is 0.144. The molecule has 2 aliphatic rings. The average molecular weight is 329 g/mol. The van der Waals surface area contributed by atoms with E-state index in [1.807, 2.05) is 19.9 Å². The van der Waals surface area contributed by atoms with Crippen LogP contribution in [-0.2, 0) is 6.54 Å². The first kappa shape index (κ1) is 15.8. The first-order chi connectivity index (χ1) is 11.5. The van der Waals surface area contributed by atoms with Gasteiger partial charge in [-0.05, 0) is 50.4 Å². The van der Waals surface area contributed by atoms with Crippen molar-refractivity contribution in [3.05, 3.63) is 52.7 Å². The quantitative estimate of drug-likeness (QED) is 0.866. The van der Waals surface area contributed by atoms with Crippen LogP contribution >= 0.6 is 0 Å². The smallest absolute Gasteiger partial charge is 0.138 e. The van der Waals surface area contributed by atoms with Gasteiger partial charge >= 0.3 is 0 Å². The third kappa shape index (κ3) is 2.66. The molecule has 3 atom stereocenters. The molecule has 0 aliphatic carbocycles. The molecular formula is C19H24FN3O. The highest BCUT2D eigenvalue weighted by Gasteiger charge is 2.46. The number of likely N-dealkylation sites (tertiary alicyclic amines) is 2. The van der Waals surface area contributed by atoms with Crippen molar-refractivity contribution in [2.24, 2.45) is 11.8 Å². The summed E-state index contributed by atoms with van der Waals surface area (Å²) in [6, 6.07) is 7.40. The Morgan fingerprint density at radius 3 is 2.79 bits per heavy atom. The lowest BCUT2D eigenvalue weighted by Crippen LogP contribution is -2.29. The van der Waals surface area contributed by atoms with Crippen molar-refractivity contribution in [2.45, 2.75) is 26.4 Å². The summed E-state index contributed by atoms with van der Waals surface area (Å²) in [5.41, 5.74) is 3.30. The number of hydrogen-bond acceptors (Lipinski definition) is 4. The fourth-order valence-corrected chi connectivity index (χ4v) is 4.62. The number of halogens is 1. The molecule has 0 bridgehead atoms. The number of rotatable bonds is 3. The molecule has 24 heavy (non-hydrogen) atoms. The zero-order valence-corrected chi connectivity index (χ0v) is 14.5. The number of aryl methyl sites for hydroxylation is 2. The Morgan fingerprint density at radius 1 is 1.25 bits per heavy atom. The summed E-state index contributed by atoms with van der Waals surface area (Å²) in [5.74, 6) is 1.97. The van der Waals surface area contributed by atoms with Crippen molar-refractivity contribution in [1.82, 2.24) is 15.0 Å². The van der Waals surface area contributed by atoms with Gasteiger partial charge in [0.15, 0.2) is 0 Å². The SMILES string of the molecule is Cc1noc(C)c1CN1C[C@@H]2CN(C)[C@@H](c3cccc(F)c3)[C@@H]2C1. The van der Waals surface area contributed by atoms with Crippen LogP contribution in [0.25, 0.3) is 0 Å². The minimum Gasteiger partial charge on any atom is -0.361 e. The Morgan fingerprint density at radius 2 is 2.08 bits per heavy atom. The lowest BCUT2D eigenvalue weighted by Gasteiger charge is -2.26. The maximum Gasteiger partial charge on any atom is 0.138 e. The molecule has 2 aliphatic heterocycles. The first-order valence-corrected chi connectivity index (χ1v) is 8.62. The molecule has 5 heteroatoms. The third-order valence-electron chi connectivity index (χ3n) is 5.72. The second-order valence-electron chi connectivity index (χ2n) is 7.36. The average Bonchev–Trinajstić information content (AvgIpc) is 3.15. The van der Waals surface area contributed by atoms with Crippen LogP contribution in [0.4, 0.5) is 4.39 Å². The maximum absolute atomic E-state index is 13.7. The molecule has 0 spiro atoms. The van der Waals surface area contributed by atoms with E-state index < -0.39 is 0 Å². The first-order valence-electron chi connectivity index (χ1n) is 8.62. The van der Waals surface area contributed by atoms with E-state index in [-0.39, 0.29) is 5.82 Å². The van der Waals surface area contributed by atoms with Crippen LogP contribution in [0.15, 0.2) is 28.8 Å². The van der Waals surface area contributed by atoms with E-state index in [0.29, 0.717) is 17.9 Å². The predicted molar refractivity (Wildman–Crippen MR) is 90.0 cm³/mol.